The fraction of sp³-hybridized carbons (Fsp3) is 0.360. The summed E-state index contributed by atoms with van der Waals surface area (Å²) in [4.78, 5) is 25.5. The Morgan fingerprint density at radius 2 is 1.76 bits per heavy atom. The summed E-state index contributed by atoms with van der Waals surface area (Å²) in [6.45, 7) is 7.86. The van der Waals surface area contributed by atoms with E-state index in [4.69, 9.17) is 9.47 Å². The van der Waals surface area contributed by atoms with Crippen LogP contribution in [0.25, 0.3) is 0 Å². The molecule has 0 spiro atoms. The Morgan fingerprint density at radius 3 is 2.35 bits per heavy atom. The lowest BCUT2D eigenvalue weighted by Crippen LogP contribution is -2.47. The molecule has 0 unspecified atom stereocenters. The fourth-order valence-electron chi connectivity index (χ4n) is 3.69. The summed E-state index contributed by atoms with van der Waals surface area (Å²) in [5, 5.41) is 5.21. The van der Waals surface area contributed by atoms with Crippen molar-refractivity contribution in [1.82, 2.24) is 10.6 Å². The Labute approximate surface area is 200 Å². The van der Waals surface area contributed by atoms with Crippen LogP contribution in [0.15, 0.2) is 64.7 Å². The van der Waals surface area contributed by atoms with E-state index >= 15 is 0 Å². The molecule has 2 N–H and O–H groups in total. The summed E-state index contributed by atoms with van der Waals surface area (Å²) in [6, 6.07) is 11.9. The highest BCUT2D eigenvalue weighted by Gasteiger charge is 2.36. The van der Waals surface area contributed by atoms with E-state index in [1.165, 1.54) is 7.11 Å². The minimum Gasteiger partial charge on any atom is -0.497 e. The van der Waals surface area contributed by atoms with Gasteiger partial charge in [0.25, 0.3) is 0 Å². The number of sulfone groups is 1. The lowest BCUT2D eigenvalue weighted by Gasteiger charge is -2.29. The van der Waals surface area contributed by atoms with Gasteiger partial charge in [0, 0.05) is 5.70 Å². The molecule has 3 rings (SSSR count). The van der Waals surface area contributed by atoms with Crippen molar-refractivity contribution in [3.8, 4) is 5.75 Å². The molecule has 0 fully saturated rings. The zero-order valence-corrected chi connectivity index (χ0v) is 20.8. The smallest absolute Gasteiger partial charge is 0.338 e. The molecule has 9 heteroatoms. The predicted molar refractivity (Wildman–Crippen MR) is 128 cm³/mol. The summed E-state index contributed by atoms with van der Waals surface area (Å²) >= 11 is 0. The van der Waals surface area contributed by atoms with Crippen molar-refractivity contribution in [2.45, 2.75) is 44.0 Å². The summed E-state index contributed by atoms with van der Waals surface area (Å²) in [5.74, 6) is -0.748. The molecule has 0 bridgehead atoms. The first kappa shape index (κ1) is 25.3. The van der Waals surface area contributed by atoms with E-state index in [0.717, 1.165) is 5.56 Å². The van der Waals surface area contributed by atoms with Crippen molar-refractivity contribution in [3.63, 3.8) is 0 Å². The van der Waals surface area contributed by atoms with Crippen molar-refractivity contribution >= 4 is 21.8 Å². The standard InChI is InChI=1S/C25H30N2O6S/c1-6-33-23(28)21-20(15-34(30,31)19-12-10-17(11-13-19)25(2,3)4)26-24(29)27-22(21)16-8-7-9-18(14-16)32-5/h7-14,22H,6,15H2,1-5H3,(H2,26,27,29)/t22-/m0/s1. The quantitative estimate of drug-likeness (QED) is 0.578. The van der Waals surface area contributed by atoms with Crippen LogP contribution in [0, 0.1) is 0 Å². The lowest BCUT2D eigenvalue weighted by atomic mass is 9.87. The SMILES string of the molecule is CCOC(=O)C1=C(CS(=O)(=O)c2ccc(C(C)(C)C)cc2)NC(=O)N[C@H]1c1cccc(OC)c1. The maximum atomic E-state index is 13.3. The van der Waals surface area contributed by atoms with Crippen LogP contribution in [0.1, 0.15) is 44.9 Å². The minimum absolute atomic E-state index is 0.0186. The molecular formula is C25H30N2O6S. The second-order valence-corrected chi connectivity index (χ2v) is 10.9. The molecule has 0 aliphatic carbocycles. The van der Waals surface area contributed by atoms with Gasteiger partial charge in [0.15, 0.2) is 9.84 Å². The molecule has 1 atom stereocenters. The van der Waals surface area contributed by atoms with Crippen LogP contribution < -0.4 is 15.4 Å². The van der Waals surface area contributed by atoms with E-state index in [-0.39, 0.29) is 28.2 Å². The number of ether oxygens (including phenoxy) is 2. The minimum atomic E-state index is -3.88. The van der Waals surface area contributed by atoms with Gasteiger partial charge in [-0.1, -0.05) is 45.0 Å². The first-order chi connectivity index (χ1) is 16.0. The van der Waals surface area contributed by atoms with Gasteiger partial charge in [-0.05, 0) is 47.7 Å². The number of benzene rings is 2. The summed E-state index contributed by atoms with van der Waals surface area (Å²) < 4.78 is 37.0. The van der Waals surface area contributed by atoms with Crippen LogP contribution in [-0.4, -0.2) is 39.9 Å². The number of hydrogen-bond acceptors (Lipinski definition) is 6. The fourth-order valence-corrected chi connectivity index (χ4v) is 5.01. The van der Waals surface area contributed by atoms with Crippen LogP contribution >= 0.6 is 0 Å². The summed E-state index contributed by atoms with van der Waals surface area (Å²) in [6.07, 6.45) is 0. The molecule has 0 saturated carbocycles. The third-order valence-electron chi connectivity index (χ3n) is 5.49. The molecule has 0 aromatic heterocycles. The average Bonchev–Trinajstić information content (AvgIpc) is 2.78. The molecule has 34 heavy (non-hydrogen) atoms. The number of methoxy groups -OCH3 is 1. The van der Waals surface area contributed by atoms with Gasteiger partial charge in [0.2, 0.25) is 0 Å². The van der Waals surface area contributed by atoms with E-state index in [9.17, 15) is 18.0 Å². The number of amides is 2. The number of urea groups is 1. The van der Waals surface area contributed by atoms with Crippen LogP contribution in [0.2, 0.25) is 0 Å². The van der Waals surface area contributed by atoms with Gasteiger partial charge in [-0.15, -0.1) is 0 Å². The van der Waals surface area contributed by atoms with E-state index in [2.05, 4.69) is 10.6 Å². The van der Waals surface area contributed by atoms with Crippen molar-refractivity contribution in [2.75, 3.05) is 19.5 Å². The Bertz CT molecular complexity index is 1210. The molecular weight excluding hydrogens is 456 g/mol. The van der Waals surface area contributed by atoms with Crippen LogP contribution in [0.4, 0.5) is 4.79 Å². The Hall–Kier alpha value is -3.33. The van der Waals surface area contributed by atoms with E-state index < -0.39 is 33.6 Å². The normalized spacial score (nSPS) is 16.5. The van der Waals surface area contributed by atoms with Gasteiger partial charge in [-0.3, -0.25) is 0 Å². The number of nitrogens with one attached hydrogen (secondary N) is 2. The van der Waals surface area contributed by atoms with Crippen LogP contribution in [0.5, 0.6) is 5.75 Å². The molecule has 182 valence electrons. The summed E-state index contributed by atoms with van der Waals surface area (Å²) in [5.41, 5.74) is 1.43. The number of carbonyl (C=O) groups excluding carboxylic acids is 2. The largest absolute Gasteiger partial charge is 0.497 e. The second kappa shape index (κ2) is 9.89. The Morgan fingerprint density at radius 1 is 1.09 bits per heavy atom. The van der Waals surface area contributed by atoms with Crippen molar-refractivity contribution < 1.29 is 27.5 Å². The number of hydrogen-bond donors (Lipinski definition) is 2. The number of rotatable bonds is 7. The molecule has 1 aliphatic rings. The second-order valence-electron chi connectivity index (χ2n) is 8.95. The van der Waals surface area contributed by atoms with E-state index in [1.54, 1.807) is 55.5 Å². The van der Waals surface area contributed by atoms with Gasteiger partial charge >= 0.3 is 12.0 Å². The van der Waals surface area contributed by atoms with E-state index in [1.807, 2.05) is 20.8 Å². The molecule has 2 aromatic carbocycles. The molecule has 8 nitrogen and oxygen atoms in total. The zero-order chi connectivity index (χ0) is 25.1. The summed E-state index contributed by atoms with van der Waals surface area (Å²) in [7, 11) is -2.37. The predicted octanol–water partition coefficient (Wildman–Crippen LogP) is 3.64. The van der Waals surface area contributed by atoms with Crippen LogP contribution in [-0.2, 0) is 24.8 Å². The van der Waals surface area contributed by atoms with Crippen LogP contribution in [0.3, 0.4) is 0 Å². The molecule has 2 amide bonds. The van der Waals surface area contributed by atoms with Crippen molar-refractivity contribution in [2.24, 2.45) is 0 Å². The van der Waals surface area contributed by atoms with E-state index in [0.29, 0.717) is 11.3 Å². The first-order valence-corrected chi connectivity index (χ1v) is 12.6. The highest BCUT2D eigenvalue weighted by Crippen LogP contribution is 2.31. The average molecular weight is 487 g/mol. The third kappa shape index (κ3) is 5.59. The molecule has 2 aromatic rings. The monoisotopic (exact) mass is 486 g/mol. The molecule has 0 radical (unpaired) electrons. The molecule has 0 saturated heterocycles. The maximum absolute atomic E-state index is 13.3. The van der Waals surface area contributed by atoms with Crippen molar-refractivity contribution in [3.05, 3.63) is 70.9 Å². The molecule has 1 heterocycles. The first-order valence-electron chi connectivity index (χ1n) is 10.9. The Kier molecular flexibility index (Phi) is 7.35. The van der Waals surface area contributed by atoms with Gasteiger partial charge < -0.3 is 20.1 Å². The maximum Gasteiger partial charge on any atom is 0.338 e. The zero-order valence-electron chi connectivity index (χ0n) is 20.0. The van der Waals surface area contributed by atoms with Crippen molar-refractivity contribution in [1.29, 1.82) is 0 Å². The highest BCUT2D eigenvalue weighted by molar-refractivity contribution is 7.91. The molecule has 1 aliphatic heterocycles. The van der Waals surface area contributed by atoms with Gasteiger partial charge in [0.05, 0.1) is 36.0 Å². The lowest BCUT2D eigenvalue weighted by molar-refractivity contribution is -0.139. The Balaban J connectivity index is 2.07. The van der Waals surface area contributed by atoms with Gasteiger partial charge in [0.1, 0.15) is 5.75 Å². The van der Waals surface area contributed by atoms with Gasteiger partial charge in [-0.25, -0.2) is 18.0 Å². The topological polar surface area (TPSA) is 111 Å². The van der Waals surface area contributed by atoms with Gasteiger partial charge in [-0.2, -0.15) is 0 Å². The number of carbonyl (C=O) groups is 2. The number of esters is 1. The highest BCUT2D eigenvalue weighted by atomic mass is 32.2. The third-order valence-corrected chi connectivity index (χ3v) is 7.15.